The van der Waals surface area contributed by atoms with Gasteiger partial charge in [-0.05, 0) is 80.6 Å². The van der Waals surface area contributed by atoms with Gasteiger partial charge < -0.3 is 10.6 Å². The quantitative estimate of drug-likeness (QED) is 0.840. The number of carbonyl (C=O) groups is 1. The van der Waals surface area contributed by atoms with E-state index >= 15 is 0 Å². The second-order valence-corrected chi connectivity index (χ2v) is 9.00. The van der Waals surface area contributed by atoms with Crippen molar-refractivity contribution < 1.29 is 4.79 Å². The highest BCUT2D eigenvalue weighted by Gasteiger charge is 2.48. The molecule has 4 saturated carbocycles. The topological polar surface area (TPSA) is 41.1 Å². The Morgan fingerprint density at radius 2 is 1.91 bits per heavy atom. The van der Waals surface area contributed by atoms with E-state index in [-0.39, 0.29) is 11.9 Å². The van der Waals surface area contributed by atoms with Crippen molar-refractivity contribution in [3.63, 3.8) is 0 Å². The minimum Gasteiger partial charge on any atom is -0.354 e. The van der Waals surface area contributed by atoms with Gasteiger partial charge in [-0.1, -0.05) is 6.07 Å². The second-order valence-electron chi connectivity index (χ2n) is 7.97. The molecule has 23 heavy (non-hydrogen) atoms. The van der Waals surface area contributed by atoms with Crippen LogP contribution in [0.15, 0.2) is 17.5 Å². The number of carbonyl (C=O) groups excluding carboxylic acids is 1. The van der Waals surface area contributed by atoms with Gasteiger partial charge in [0.15, 0.2) is 0 Å². The van der Waals surface area contributed by atoms with E-state index < -0.39 is 0 Å². The molecule has 1 aromatic rings. The zero-order valence-electron chi connectivity index (χ0n) is 14.0. The molecular weight excluding hydrogens is 304 g/mol. The molecule has 126 valence electrons. The fraction of sp³-hybridized carbons (Fsp3) is 0.737. The summed E-state index contributed by atoms with van der Waals surface area (Å²) in [4.78, 5) is 13.7. The van der Waals surface area contributed by atoms with Crippen LogP contribution in [0, 0.1) is 23.7 Å². The Labute approximate surface area is 143 Å². The summed E-state index contributed by atoms with van der Waals surface area (Å²) >= 11 is 1.76. The molecule has 1 atom stereocenters. The van der Waals surface area contributed by atoms with Gasteiger partial charge in [0.05, 0.1) is 6.04 Å². The number of amides is 1. The standard InChI is InChI=1S/C19H28N2OS/c1-12(19(22)20-5-4-17-3-2-6-23-17)21-18-15-8-13-7-14(10-15)11-16(18)9-13/h2-3,6,12-16,18,21H,4-5,7-11H2,1H3,(H,20,22)/t12-,13?,14?,15?,16?,18?/m1/s1. The summed E-state index contributed by atoms with van der Waals surface area (Å²) in [6.45, 7) is 2.78. The summed E-state index contributed by atoms with van der Waals surface area (Å²) < 4.78 is 0. The van der Waals surface area contributed by atoms with Crippen molar-refractivity contribution in [2.24, 2.45) is 23.7 Å². The molecule has 5 rings (SSSR count). The van der Waals surface area contributed by atoms with Crippen LogP contribution in [0.3, 0.4) is 0 Å². The van der Waals surface area contributed by atoms with E-state index in [2.05, 4.69) is 28.1 Å². The second kappa shape index (κ2) is 6.56. The zero-order valence-corrected chi connectivity index (χ0v) is 14.8. The van der Waals surface area contributed by atoms with Gasteiger partial charge in [0.25, 0.3) is 0 Å². The lowest BCUT2D eigenvalue weighted by atomic mass is 9.54. The van der Waals surface area contributed by atoms with Crippen molar-refractivity contribution in [1.29, 1.82) is 0 Å². The van der Waals surface area contributed by atoms with Crippen LogP contribution in [-0.4, -0.2) is 24.5 Å². The van der Waals surface area contributed by atoms with Gasteiger partial charge in [-0.3, -0.25) is 4.79 Å². The molecule has 2 N–H and O–H groups in total. The fourth-order valence-electron chi connectivity index (χ4n) is 5.48. The maximum absolute atomic E-state index is 12.4. The lowest BCUT2D eigenvalue weighted by molar-refractivity contribution is -0.123. The van der Waals surface area contributed by atoms with Crippen molar-refractivity contribution >= 4 is 17.2 Å². The van der Waals surface area contributed by atoms with E-state index in [0.29, 0.717) is 6.04 Å². The third-order valence-corrected chi connectivity index (χ3v) is 7.25. The van der Waals surface area contributed by atoms with Crippen LogP contribution in [0.1, 0.15) is 43.9 Å². The van der Waals surface area contributed by atoms with Gasteiger partial charge in [-0.25, -0.2) is 0 Å². The largest absolute Gasteiger partial charge is 0.354 e. The molecule has 0 saturated heterocycles. The molecule has 1 aromatic heterocycles. The number of hydrogen-bond donors (Lipinski definition) is 2. The first kappa shape index (κ1) is 15.6. The molecule has 3 nitrogen and oxygen atoms in total. The molecule has 4 aliphatic carbocycles. The normalized spacial score (nSPS) is 36.1. The van der Waals surface area contributed by atoms with E-state index in [9.17, 15) is 4.79 Å². The fourth-order valence-corrected chi connectivity index (χ4v) is 6.19. The first-order chi connectivity index (χ1) is 11.2. The van der Waals surface area contributed by atoms with E-state index in [4.69, 9.17) is 0 Å². The van der Waals surface area contributed by atoms with Crippen LogP contribution in [-0.2, 0) is 11.2 Å². The van der Waals surface area contributed by atoms with Crippen molar-refractivity contribution in [3.05, 3.63) is 22.4 Å². The lowest BCUT2D eigenvalue weighted by Crippen LogP contribution is -2.58. The van der Waals surface area contributed by atoms with Crippen LogP contribution in [0.4, 0.5) is 0 Å². The molecule has 1 amide bonds. The summed E-state index contributed by atoms with van der Waals surface area (Å²) in [5.41, 5.74) is 0. The molecule has 0 aromatic carbocycles. The van der Waals surface area contributed by atoms with E-state index in [1.807, 2.05) is 6.92 Å². The van der Waals surface area contributed by atoms with Gasteiger partial charge in [0, 0.05) is 17.5 Å². The summed E-state index contributed by atoms with van der Waals surface area (Å²) in [6.07, 6.45) is 8.02. The molecular formula is C19H28N2OS. The Hall–Kier alpha value is -0.870. The molecule has 0 radical (unpaired) electrons. The molecule has 1 heterocycles. The molecule has 0 aliphatic heterocycles. The van der Waals surface area contributed by atoms with Gasteiger partial charge in [0.2, 0.25) is 5.91 Å². The molecule has 0 unspecified atom stereocenters. The Bertz CT molecular complexity index is 514. The minimum absolute atomic E-state index is 0.0686. The smallest absolute Gasteiger partial charge is 0.236 e. The molecule has 4 bridgehead atoms. The molecule has 4 heteroatoms. The Balaban J connectivity index is 1.26. The van der Waals surface area contributed by atoms with Crippen molar-refractivity contribution in [2.75, 3.05) is 6.54 Å². The van der Waals surface area contributed by atoms with Gasteiger partial charge in [0.1, 0.15) is 0 Å². The number of hydrogen-bond acceptors (Lipinski definition) is 3. The number of rotatable bonds is 6. The van der Waals surface area contributed by atoms with Crippen LogP contribution < -0.4 is 10.6 Å². The minimum atomic E-state index is -0.0686. The van der Waals surface area contributed by atoms with Crippen molar-refractivity contribution in [1.82, 2.24) is 10.6 Å². The Morgan fingerprint density at radius 1 is 1.22 bits per heavy atom. The first-order valence-electron chi connectivity index (χ1n) is 9.25. The Kier molecular flexibility index (Phi) is 4.46. The lowest BCUT2D eigenvalue weighted by Gasteiger charge is -2.55. The summed E-state index contributed by atoms with van der Waals surface area (Å²) in [7, 11) is 0. The maximum atomic E-state index is 12.4. The van der Waals surface area contributed by atoms with Crippen LogP contribution in [0.5, 0.6) is 0 Å². The maximum Gasteiger partial charge on any atom is 0.236 e. The van der Waals surface area contributed by atoms with Crippen LogP contribution in [0.25, 0.3) is 0 Å². The van der Waals surface area contributed by atoms with Crippen LogP contribution in [0.2, 0.25) is 0 Å². The SMILES string of the molecule is C[C@@H](NC1C2CC3CC(C2)CC1C3)C(=O)NCCc1cccs1. The monoisotopic (exact) mass is 332 g/mol. The predicted octanol–water partition coefficient (Wildman–Crippen LogP) is 3.21. The average Bonchev–Trinajstić information content (AvgIpc) is 3.03. The predicted molar refractivity (Wildman–Crippen MR) is 94.5 cm³/mol. The highest BCUT2D eigenvalue weighted by atomic mass is 32.1. The summed E-state index contributed by atoms with van der Waals surface area (Å²) in [6, 6.07) is 4.72. The average molecular weight is 333 g/mol. The third kappa shape index (κ3) is 3.34. The summed E-state index contributed by atoms with van der Waals surface area (Å²) in [5, 5.41) is 8.89. The zero-order chi connectivity index (χ0) is 15.8. The number of nitrogens with one attached hydrogen (secondary N) is 2. The molecule has 4 fully saturated rings. The van der Waals surface area contributed by atoms with Gasteiger partial charge >= 0.3 is 0 Å². The van der Waals surface area contributed by atoms with Crippen LogP contribution >= 0.6 is 11.3 Å². The van der Waals surface area contributed by atoms with Gasteiger partial charge in [-0.2, -0.15) is 0 Å². The van der Waals surface area contributed by atoms with Crippen molar-refractivity contribution in [2.45, 2.75) is 57.5 Å². The van der Waals surface area contributed by atoms with E-state index in [1.165, 1.54) is 37.0 Å². The van der Waals surface area contributed by atoms with E-state index in [0.717, 1.165) is 36.6 Å². The van der Waals surface area contributed by atoms with Gasteiger partial charge in [-0.15, -0.1) is 11.3 Å². The molecule has 4 aliphatic rings. The summed E-state index contributed by atoms with van der Waals surface area (Å²) in [5.74, 6) is 3.80. The van der Waals surface area contributed by atoms with E-state index in [1.54, 1.807) is 11.3 Å². The molecule has 0 spiro atoms. The highest BCUT2D eigenvalue weighted by molar-refractivity contribution is 7.09. The van der Waals surface area contributed by atoms with Crippen molar-refractivity contribution in [3.8, 4) is 0 Å². The number of thiophene rings is 1. The third-order valence-electron chi connectivity index (χ3n) is 6.31. The first-order valence-corrected chi connectivity index (χ1v) is 10.1. The Morgan fingerprint density at radius 3 is 2.52 bits per heavy atom. The highest BCUT2D eigenvalue weighted by Crippen LogP contribution is 2.53.